The molecule has 0 amide bonds. The van der Waals surface area contributed by atoms with Crippen LogP contribution in [0.5, 0.6) is 0 Å². The van der Waals surface area contributed by atoms with E-state index in [9.17, 15) is 4.79 Å². The summed E-state index contributed by atoms with van der Waals surface area (Å²) >= 11 is 0. The van der Waals surface area contributed by atoms with E-state index < -0.39 is 0 Å². The maximum absolute atomic E-state index is 10.7. The molecule has 1 rings (SSSR count). The summed E-state index contributed by atoms with van der Waals surface area (Å²) in [5, 5.41) is 0. The van der Waals surface area contributed by atoms with E-state index >= 15 is 0 Å². The number of hydrogen-bond donors (Lipinski definition) is 0. The van der Waals surface area contributed by atoms with E-state index in [1.165, 1.54) is 5.70 Å². The zero-order valence-corrected chi connectivity index (χ0v) is 8.79. The summed E-state index contributed by atoms with van der Waals surface area (Å²) in [6, 6.07) is 0. The van der Waals surface area contributed by atoms with Crippen LogP contribution in [0.1, 0.15) is 27.7 Å². The Bertz CT molecular complexity index is 274. The molecule has 0 spiro atoms. The first-order valence-corrected chi connectivity index (χ1v) is 4.56. The zero-order valence-electron chi connectivity index (χ0n) is 8.79. The molecule has 0 aliphatic carbocycles. The molecule has 0 N–H and O–H groups in total. The molecular formula is C11H17NO. The Balaban J connectivity index is 2.67. The quantitative estimate of drug-likeness (QED) is 0.606. The monoisotopic (exact) mass is 179 g/mol. The molecule has 0 saturated carbocycles. The van der Waals surface area contributed by atoms with Crippen molar-refractivity contribution in [2.75, 3.05) is 6.54 Å². The van der Waals surface area contributed by atoms with Crippen LogP contribution in [0.25, 0.3) is 0 Å². The van der Waals surface area contributed by atoms with Gasteiger partial charge in [0.2, 0.25) is 0 Å². The van der Waals surface area contributed by atoms with Gasteiger partial charge in [0, 0.05) is 23.9 Å². The van der Waals surface area contributed by atoms with E-state index in [1.807, 2.05) is 6.20 Å². The first-order chi connectivity index (χ1) is 5.91. The highest BCUT2D eigenvalue weighted by molar-refractivity contribution is 5.87. The third kappa shape index (κ3) is 2.72. The van der Waals surface area contributed by atoms with Gasteiger partial charge >= 0.3 is 0 Å². The molecule has 72 valence electrons. The topological polar surface area (TPSA) is 20.3 Å². The molecule has 1 aliphatic rings. The van der Waals surface area contributed by atoms with E-state index in [4.69, 9.17) is 0 Å². The molecule has 0 radical (unpaired) electrons. The third-order valence-corrected chi connectivity index (χ3v) is 2.12. The van der Waals surface area contributed by atoms with E-state index in [0.717, 1.165) is 6.54 Å². The molecular weight excluding hydrogens is 162 g/mol. The molecule has 13 heavy (non-hydrogen) atoms. The fraction of sp³-hybridized carbons (Fsp3) is 0.545. The summed E-state index contributed by atoms with van der Waals surface area (Å²) < 4.78 is 0. The summed E-state index contributed by atoms with van der Waals surface area (Å²) in [6.45, 7) is 8.98. The van der Waals surface area contributed by atoms with Gasteiger partial charge in [-0.15, -0.1) is 0 Å². The maximum Gasteiger partial charge on any atom is 0.154 e. The van der Waals surface area contributed by atoms with Gasteiger partial charge in [0.1, 0.15) is 0 Å². The van der Waals surface area contributed by atoms with Crippen molar-refractivity contribution in [2.45, 2.75) is 27.7 Å². The van der Waals surface area contributed by atoms with Crippen molar-refractivity contribution in [3.8, 4) is 0 Å². The lowest BCUT2D eigenvalue weighted by Crippen LogP contribution is -2.19. The molecule has 0 aromatic carbocycles. The molecule has 0 fully saturated rings. The lowest BCUT2D eigenvalue weighted by Gasteiger charge is -2.19. The van der Waals surface area contributed by atoms with Crippen molar-refractivity contribution < 1.29 is 4.79 Å². The molecule has 2 nitrogen and oxygen atoms in total. The van der Waals surface area contributed by atoms with Crippen LogP contribution in [0.4, 0.5) is 0 Å². The number of hydrogen-bond acceptors (Lipinski definition) is 2. The van der Waals surface area contributed by atoms with Gasteiger partial charge in [-0.1, -0.05) is 19.9 Å². The molecule has 0 aromatic rings. The highest BCUT2D eigenvalue weighted by Crippen LogP contribution is 2.30. The molecule has 0 saturated heterocycles. The smallest absolute Gasteiger partial charge is 0.154 e. The van der Waals surface area contributed by atoms with Crippen molar-refractivity contribution >= 4 is 5.78 Å². The maximum atomic E-state index is 10.7. The first kappa shape index (κ1) is 10.0. The summed E-state index contributed by atoms with van der Waals surface area (Å²) in [6.07, 6.45) is 5.71. The number of carbonyl (C=O) groups is 1. The molecule has 0 unspecified atom stereocenters. The van der Waals surface area contributed by atoms with Crippen LogP contribution in [-0.4, -0.2) is 17.2 Å². The summed E-state index contributed by atoms with van der Waals surface area (Å²) in [5.41, 5.74) is 1.45. The Morgan fingerprint density at radius 3 is 2.62 bits per heavy atom. The van der Waals surface area contributed by atoms with Crippen LogP contribution in [-0.2, 0) is 4.79 Å². The zero-order chi connectivity index (χ0) is 10.1. The minimum Gasteiger partial charge on any atom is -0.351 e. The Kier molecular flexibility index (Phi) is 2.60. The van der Waals surface area contributed by atoms with E-state index in [-0.39, 0.29) is 11.2 Å². The second-order valence-corrected chi connectivity index (χ2v) is 4.33. The van der Waals surface area contributed by atoms with Crippen LogP contribution < -0.4 is 0 Å². The minimum absolute atomic E-state index is 0.0949. The predicted octanol–water partition coefficient (Wildman–Crippen LogP) is 2.33. The van der Waals surface area contributed by atoms with Crippen molar-refractivity contribution in [3.05, 3.63) is 24.0 Å². The van der Waals surface area contributed by atoms with Crippen molar-refractivity contribution in [1.82, 2.24) is 4.90 Å². The van der Waals surface area contributed by atoms with Crippen LogP contribution >= 0.6 is 0 Å². The van der Waals surface area contributed by atoms with Gasteiger partial charge in [0.25, 0.3) is 0 Å². The highest BCUT2D eigenvalue weighted by Gasteiger charge is 2.25. The Hall–Kier alpha value is -1.05. The predicted molar refractivity (Wildman–Crippen MR) is 54.1 cm³/mol. The van der Waals surface area contributed by atoms with Crippen LogP contribution in [0.15, 0.2) is 24.0 Å². The molecule has 0 bridgehead atoms. The molecule has 1 aliphatic heterocycles. The summed E-state index contributed by atoms with van der Waals surface area (Å²) in [7, 11) is 0. The van der Waals surface area contributed by atoms with Crippen molar-refractivity contribution in [2.24, 2.45) is 5.41 Å². The minimum atomic E-state index is 0.0949. The van der Waals surface area contributed by atoms with Crippen LogP contribution in [0.3, 0.4) is 0 Å². The average Bonchev–Trinajstić information content (AvgIpc) is 2.20. The lowest BCUT2D eigenvalue weighted by atomic mass is 9.96. The fourth-order valence-corrected chi connectivity index (χ4v) is 1.62. The molecule has 2 heteroatoms. The fourth-order valence-electron chi connectivity index (χ4n) is 1.62. The third-order valence-electron chi connectivity index (χ3n) is 2.12. The van der Waals surface area contributed by atoms with E-state index in [1.54, 1.807) is 13.0 Å². The van der Waals surface area contributed by atoms with Gasteiger partial charge in [0.05, 0.1) is 0 Å². The Labute approximate surface area is 79.9 Å². The van der Waals surface area contributed by atoms with Gasteiger partial charge < -0.3 is 4.90 Å². The van der Waals surface area contributed by atoms with Gasteiger partial charge in [-0.05, 0) is 19.9 Å². The summed E-state index contributed by atoms with van der Waals surface area (Å²) in [4.78, 5) is 12.8. The molecule has 0 atom stereocenters. The van der Waals surface area contributed by atoms with E-state index in [0.29, 0.717) is 0 Å². The second kappa shape index (κ2) is 3.36. The number of ketones is 1. The number of rotatable bonds is 2. The number of nitrogens with zero attached hydrogens (tertiary/aromatic N) is 1. The van der Waals surface area contributed by atoms with Crippen LogP contribution in [0.2, 0.25) is 0 Å². The largest absolute Gasteiger partial charge is 0.351 e. The Morgan fingerprint density at radius 2 is 2.23 bits per heavy atom. The molecule has 0 aromatic heterocycles. The average molecular weight is 179 g/mol. The lowest BCUT2D eigenvalue weighted by molar-refractivity contribution is -0.112. The van der Waals surface area contributed by atoms with Crippen molar-refractivity contribution in [1.29, 1.82) is 0 Å². The summed E-state index contributed by atoms with van der Waals surface area (Å²) in [5.74, 6) is 0.0949. The van der Waals surface area contributed by atoms with E-state index in [2.05, 4.69) is 31.7 Å². The molecule has 1 heterocycles. The van der Waals surface area contributed by atoms with Crippen molar-refractivity contribution in [3.63, 3.8) is 0 Å². The number of allylic oxidation sites excluding steroid dienone is 2. The normalized spacial score (nSPS) is 20.9. The first-order valence-electron chi connectivity index (χ1n) is 4.56. The second-order valence-electron chi connectivity index (χ2n) is 4.33. The standard InChI is InChI=1S/C11H17NO/c1-9-7-11(3,4)8-12(9)6-5-10(2)13/h5-7H,8H2,1-4H3/b6-5+. The van der Waals surface area contributed by atoms with Crippen LogP contribution in [0, 0.1) is 5.41 Å². The van der Waals surface area contributed by atoms with Gasteiger partial charge in [-0.25, -0.2) is 0 Å². The number of carbonyl (C=O) groups excluding carboxylic acids is 1. The Morgan fingerprint density at radius 1 is 1.62 bits per heavy atom. The van der Waals surface area contributed by atoms with Gasteiger partial charge in [-0.3, -0.25) is 4.79 Å². The van der Waals surface area contributed by atoms with Gasteiger partial charge in [-0.2, -0.15) is 0 Å². The highest BCUT2D eigenvalue weighted by atomic mass is 16.1. The van der Waals surface area contributed by atoms with Gasteiger partial charge in [0.15, 0.2) is 5.78 Å². The SMILES string of the molecule is CC(=O)/C=C/N1CC(C)(C)C=C1C.